The molecule has 2 aromatic rings. The van der Waals surface area contributed by atoms with Gasteiger partial charge < -0.3 is 10.2 Å². The van der Waals surface area contributed by atoms with Crippen LogP contribution in [-0.4, -0.2) is 39.8 Å². The largest absolute Gasteiger partial charge is 0.347 e. The van der Waals surface area contributed by atoms with Gasteiger partial charge in [-0.25, -0.2) is 4.98 Å². The van der Waals surface area contributed by atoms with Crippen molar-refractivity contribution in [2.45, 2.75) is 32.2 Å². The Morgan fingerprint density at radius 1 is 1.00 bits per heavy atom. The molecule has 130 valence electrons. The SMILES string of the molecule is O=C(NCc1cccnc1)c1cccc(C(=O)N2CCCCCC2)n1. The third kappa shape index (κ3) is 4.62. The lowest BCUT2D eigenvalue weighted by Gasteiger charge is -2.19. The molecule has 6 nitrogen and oxygen atoms in total. The van der Waals surface area contributed by atoms with Crippen molar-refractivity contribution in [3.63, 3.8) is 0 Å². The highest BCUT2D eigenvalue weighted by Crippen LogP contribution is 2.13. The summed E-state index contributed by atoms with van der Waals surface area (Å²) in [6, 6.07) is 8.71. The summed E-state index contributed by atoms with van der Waals surface area (Å²) in [5, 5.41) is 2.80. The van der Waals surface area contributed by atoms with Crippen molar-refractivity contribution in [3.05, 3.63) is 59.7 Å². The number of nitrogens with one attached hydrogen (secondary N) is 1. The van der Waals surface area contributed by atoms with E-state index in [1.165, 1.54) is 0 Å². The molecule has 6 heteroatoms. The zero-order chi connectivity index (χ0) is 17.5. The van der Waals surface area contributed by atoms with Crippen molar-refractivity contribution in [2.75, 3.05) is 13.1 Å². The predicted molar refractivity (Wildman–Crippen MR) is 94.0 cm³/mol. The van der Waals surface area contributed by atoms with Crippen molar-refractivity contribution >= 4 is 11.8 Å². The topological polar surface area (TPSA) is 75.2 Å². The Kier molecular flexibility index (Phi) is 5.72. The van der Waals surface area contributed by atoms with Crippen LogP contribution in [0.4, 0.5) is 0 Å². The number of carbonyl (C=O) groups excluding carboxylic acids is 2. The van der Waals surface area contributed by atoms with Gasteiger partial charge in [-0.1, -0.05) is 25.0 Å². The number of pyridine rings is 2. The normalized spacial score (nSPS) is 14.6. The summed E-state index contributed by atoms with van der Waals surface area (Å²) >= 11 is 0. The maximum atomic E-state index is 12.6. The van der Waals surface area contributed by atoms with Gasteiger partial charge in [-0.3, -0.25) is 14.6 Å². The zero-order valence-corrected chi connectivity index (χ0v) is 14.1. The summed E-state index contributed by atoms with van der Waals surface area (Å²) < 4.78 is 0. The lowest BCUT2D eigenvalue weighted by Crippen LogP contribution is -2.33. The Balaban J connectivity index is 1.65. The molecule has 25 heavy (non-hydrogen) atoms. The summed E-state index contributed by atoms with van der Waals surface area (Å²) in [6.07, 6.45) is 7.76. The van der Waals surface area contributed by atoms with E-state index in [2.05, 4.69) is 15.3 Å². The molecule has 3 heterocycles. The third-order valence-electron chi connectivity index (χ3n) is 4.27. The fourth-order valence-corrected chi connectivity index (χ4v) is 2.89. The van der Waals surface area contributed by atoms with Crippen LogP contribution in [0.2, 0.25) is 0 Å². The molecule has 1 aliphatic rings. The second kappa shape index (κ2) is 8.37. The van der Waals surface area contributed by atoms with Crippen molar-refractivity contribution < 1.29 is 9.59 Å². The first kappa shape index (κ1) is 17.1. The van der Waals surface area contributed by atoms with Crippen LogP contribution < -0.4 is 5.32 Å². The van der Waals surface area contributed by atoms with Gasteiger partial charge in [0.2, 0.25) is 0 Å². The second-order valence-electron chi connectivity index (χ2n) is 6.16. The Hall–Kier alpha value is -2.76. The van der Waals surface area contributed by atoms with Crippen LogP contribution in [0.1, 0.15) is 52.2 Å². The van der Waals surface area contributed by atoms with Crippen molar-refractivity contribution in [1.29, 1.82) is 0 Å². The van der Waals surface area contributed by atoms with E-state index in [0.29, 0.717) is 12.2 Å². The van der Waals surface area contributed by atoms with Gasteiger partial charge in [0.05, 0.1) is 0 Å². The number of rotatable bonds is 4. The van der Waals surface area contributed by atoms with Crippen LogP contribution in [0, 0.1) is 0 Å². The molecule has 0 unspecified atom stereocenters. The molecule has 1 saturated heterocycles. The van der Waals surface area contributed by atoms with E-state index in [0.717, 1.165) is 44.3 Å². The fourth-order valence-electron chi connectivity index (χ4n) is 2.89. The smallest absolute Gasteiger partial charge is 0.272 e. The number of carbonyl (C=O) groups is 2. The summed E-state index contributed by atoms with van der Waals surface area (Å²) in [4.78, 5) is 35.1. The van der Waals surface area contributed by atoms with Gasteiger partial charge in [0, 0.05) is 32.0 Å². The first-order valence-corrected chi connectivity index (χ1v) is 8.67. The van der Waals surface area contributed by atoms with Crippen LogP contribution in [0.25, 0.3) is 0 Å². The van der Waals surface area contributed by atoms with Crippen molar-refractivity contribution in [3.8, 4) is 0 Å². The highest BCUT2D eigenvalue weighted by atomic mass is 16.2. The number of aromatic nitrogens is 2. The molecular formula is C19H22N4O2. The maximum Gasteiger partial charge on any atom is 0.272 e. The van der Waals surface area contributed by atoms with E-state index in [-0.39, 0.29) is 17.5 Å². The minimum Gasteiger partial charge on any atom is -0.347 e. The van der Waals surface area contributed by atoms with E-state index in [1.54, 1.807) is 30.6 Å². The standard InChI is InChI=1S/C19H22N4O2/c24-18(21-14-15-7-6-10-20-13-15)16-8-5-9-17(22-16)19(25)23-11-3-1-2-4-12-23/h5-10,13H,1-4,11-12,14H2,(H,21,24). The average Bonchev–Trinajstić information content (AvgIpc) is 2.96. The molecule has 3 rings (SSSR count). The highest BCUT2D eigenvalue weighted by molar-refractivity contribution is 5.96. The molecule has 0 spiro atoms. The predicted octanol–water partition coefficient (Wildman–Crippen LogP) is 2.42. The number of hydrogen-bond acceptors (Lipinski definition) is 4. The molecule has 1 N–H and O–H groups in total. The molecule has 0 atom stereocenters. The highest BCUT2D eigenvalue weighted by Gasteiger charge is 2.19. The van der Waals surface area contributed by atoms with Crippen LogP contribution >= 0.6 is 0 Å². The van der Waals surface area contributed by atoms with Gasteiger partial charge in [-0.2, -0.15) is 0 Å². The van der Waals surface area contributed by atoms with Crippen molar-refractivity contribution in [1.82, 2.24) is 20.2 Å². The van der Waals surface area contributed by atoms with E-state index in [9.17, 15) is 9.59 Å². The lowest BCUT2D eigenvalue weighted by atomic mass is 10.2. The quantitative estimate of drug-likeness (QED) is 0.929. The molecule has 2 amide bonds. The van der Waals surface area contributed by atoms with Gasteiger partial charge in [0.25, 0.3) is 11.8 Å². The summed E-state index contributed by atoms with van der Waals surface area (Å²) in [6.45, 7) is 1.90. The van der Waals surface area contributed by atoms with E-state index >= 15 is 0 Å². The molecular weight excluding hydrogens is 316 g/mol. The van der Waals surface area contributed by atoms with Crippen LogP contribution in [0.15, 0.2) is 42.7 Å². The molecule has 0 bridgehead atoms. The number of amides is 2. The number of nitrogens with zero attached hydrogens (tertiary/aromatic N) is 3. The molecule has 0 saturated carbocycles. The molecule has 1 aliphatic heterocycles. The third-order valence-corrected chi connectivity index (χ3v) is 4.27. The van der Waals surface area contributed by atoms with Gasteiger partial charge in [0.1, 0.15) is 11.4 Å². The molecule has 0 aliphatic carbocycles. The van der Waals surface area contributed by atoms with Gasteiger partial charge in [-0.15, -0.1) is 0 Å². The van der Waals surface area contributed by atoms with E-state index in [4.69, 9.17) is 0 Å². The Labute approximate surface area is 147 Å². The van der Waals surface area contributed by atoms with Crippen molar-refractivity contribution in [2.24, 2.45) is 0 Å². The summed E-state index contributed by atoms with van der Waals surface area (Å²) in [5.41, 5.74) is 1.49. The van der Waals surface area contributed by atoms with Crippen LogP contribution in [0.3, 0.4) is 0 Å². The van der Waals surface area contributed by atoms with E-state index < -0.39 is 0 Å². The first-order valence-electron chi connectivity index (χ1n) is 8.67. The summed E-state index contributed by atoms with van der Waals surface area (Å²) in [5.74, 6) is -0.391. The minimum absolute atomic E-state index is 0.0937. The van der Waals surface area contributed by atoms with E-state index in [1.807, 2.05) is 17.0 Å². The minimum atomic E-state index is -0.297. The molecule has 1 fully saturated rings. The second-order valence-corrected chi connectivity index (χ2v) is 6.16. The number of hydrogen-bond donors (Lipinski definition) is 1. The van der Waals surface area contributed by atoms with Gasteiger partial charge in [-0.05, 0) is 36.6 Å². The Bertz CT molecular complexity index is 725. The molecule has 0 radical (unpaired) electrons. The zero-order valence-electron chi connectivity index (χ0n) is 14.1. The lowest BCUT2D eigenvalue weighted by molar-refractivity contribution is 0.0755. The Morgan fingerprint density at radius 2 is 1.76 bits per heavy atom. The van der Waals surface area contributed by atoms with Crippen LogP contribution in [-0.2, 0) is 6.54 Å². The monoisotopic (exact) mass is 338 g/mol. The van der Waals surface area contributed by atoms with Gasteiger partial charge >= 0.3 is 0 Å². The van der Waals surface area contributed by atoms with Gasteiger partial charge in [0.15, 0.2) is 0 Å². The maximum absolute atomic E-state index is 12.6. The Morgan fingerprint density at radius 3 is 2.48 bits per heavy atom. The molecule has 2 aromatic heterocycles. The number of likely N-dealkylation sites (tertiary alicyclic amines) is 1. The summed E-state index contributed by atoms with van der Waals surface area (Å²) in [7, 11) is 0. The molecule has 0 aromatic carbocycles. The van der Waals surface area contributed by atoms with Crippen LogP contribution in [0.5, 0.6) is 0 Å². The average molecular weight is 338 g/mol. The fraction of sp³-hybridized carbons (Fsp3) is 0.368. The first-order chi connectivity index (χ1) is 12.2.